The second-order valence-electron chi connectivity index (χ2n) is 6.50. The maximum absolute atomic E-state index is 4.73. The molecule has 3 rings (SSSR count). The third-order valence-electron chi connectivity index (χ3n) is 5.14. The van der Waals surface area contributed by atoms with Crippen LogP contribution in [0.1, 0.15) is 43.6 Å². The van der Waals surface area contributed by atoms with Gasteiger partial charge in [0.15, 0.2) is 0 Å². The van der Waals surface area contributed by atoms with Gasteiger partial charge in [0.25, 0.3) is 0 Å². The van der Waals surface area contributed by atoms with Gasteiger partial charge in [-0.05, 0) is 52.4 Å². The molecule has 112 valence electrons. The number of hydrogen-bond donors (Lipinski definition) is 0. The SMILES string of the molecule is CCN1CCC(N2CC[C@@H](c3nc(C)cn3C)C2)CC1. The van der Waals surface area contributed by atoms with Crippen molar-refractivity contribution >= 4 is 0 Å². The second kappa shape index (κ2) is 5.86. The summed E-state index contributed by atoms with van der Waals surface area (Å²) in [6.07, 6.45) is 6.12. The normalized spacial score (nSPS) is 26.4. The Bertz CT molecular complexity index is 445. The predicted octanol–water partition coefficient (Wildman–Crippen LogP) is 2.00. The van der Waals surface area contributed by atoms with E-state index in [0.29, 0.717) is 5.92 Å². The van der Waals surface area contributed by atoms with Gasteiger partial charge in [-0.2, -0.15) is 0 Å². The summed E-state index contributed by atoms with van der Waals surface area (Å²) in [5.74, 6) is 1.92. The summed E-state index contributed by atoms with van der Waals surface area (Å²) in [7, 11) is 2.14. The molecule has 2 saturated heterocycles. The molecule has 0 saturated carbocycles. The molecule has 20 heavy (non-hydrogen) atoms. The molecule has 3 heterocycles. The van der Waals surface area contributed by atoms with Crippen molar-refractivity contribution < 1.29 is 0 Å². The van der Waals surface area contributed by atoms with Gasteiger partial charge >= 0.3 is 0 Å². The van der Waals surface area contributed by atoms with E-state index in [-0.39, 0.29) is 0 Å². The molecule has 4 heteroatoms. The number of piperidine rings is 1. The van der Waals surface area contributed by atoms with E-state index in [1.165, 1.54) is 57.8 Å². The molecule has 0 N–H and O–H groups in total. The highest BCUT2D eigenvalue weighted by Gasteiger charge is 2.32. The minimum atomic E-state index is 0.637. The van der Waals surface area contributed by atoms with Gasteiger partial charge in [0.2, 0.25) is 0 Å². The molecule has 4 nitrogen and oxygen atoms in total. The molecule has 0 bridgehead atoms. The molecule has 0 aliphatic carbocycles. The van der Waals surface area contributed by atoms with Crippen LogP contribution in [-0.4, -0.2) is 58.1 Å². The Balaban J connectivity index is 1.58. The lowest BCUT2D eigenvalue weighted by Crippen LogP contribution is -2.43. The van der Waals surface area contributed by atoms with Crippen LogP contribution in [0.4, 0.5) is 0 Å². The number of likely N-dealkylation sites (tertiary alicyclic amines) is 2. The van der Waals surface area contributed by atoms with Crippen LogP contribution in [0.15, 0.2) is 6.20 Å². The summed E-state index contributed by atoms with van der Waals surface area (Å²) in [5.41, 5.74) is 1.15. The molecule has 0 unspecified atom stereocenters. The third kappa shape index (κ3) is 2.77. The molecule has 0 aromatic carbocycles. The Hall–Kier alpha value is -0.870. The van der Waals surface area contributed by atoms with Crippen molar-refractivity contribution in [2.24, 2.45) is 7.05 Å². The molecule has 1 atom stereocenters. The maximum atomic E-state index is 4.73. The Morgan fingerprint density at radius 1 is 1.20 bits per heavy atom. The molecule has 0 spiro atoms. The molecule has 0 radical (unpaired) electrons. The first-order chi connectivity index (χ1) is 9.67. The molecule has 1 aromatic heterocycles. The maximum Gasteiger partial charge on any atom is 0.113 e. The van der Waals surface area contributed by atoms with Crippen LogP contribution in [0, 0.1) is 6.92 Å². The summed E-state index contributed by atoms with van der Waals surface area (Å²) in [5, 5.41) is 0. The zero-order valence-electron chi connectivity index (χ0n) is 13.2. The monoisotopic (exact) mass is 276 g/mol. The summed E-state index contributed by atoms with van der Waals surface area (Å²) >= 11 is 0. The van der Waals surface area contributed by atoms with E-state index >= 15 is 0 Å². The van der Waals surface area contributed by atoms with Crippen LogP contribution in [0.3, 0.4) is 0 Å². The molecule has 2 fully saturated rings. The lowest BCUT2D eigenvalue weighted by molar-refractivity contribution is 0.129. The van der Waals surface area contributed by atoms with Crippen LogP contribution >= 0.6 is 0 Å². The highest BCUT2D eigenvalue weighted by atomic mass is 15.2. The standard InChI is InChI=1S/C16H28N4/c1-4-19-8-6-15(7-9-19)20-10-5-14(12-20)16-17-13(2)11-18(16)3/h11,14-15H,4-10,12H2,1-3H3/t14-/m1/s1. The third-order valence-corrected chi connectivity index (χ3v) is 5.14. The van der Waals surface area contributed by atoms with Gasteiger partial charge in [-0.3, -0.25) is 4.90 Å². The van der Waals surface area contributed by atoms with Crippen molar-refractivity contribution in [3.05, 3.63) is 17.7 Å². The second-order valence-corrected chi connectivity index (χ2v) is 6.50. The highest BCUT2D eigenvalue weighted by Crippen LogP contribution is 2.30. The van der Waals surface area contributed by atoms with Crippen molar-refractivity contribution in [1.29, 1.82) is 0 Å². The smallest absolute Gasteiger partial charge is 0.113 e. The molecule has 2 aliphatic rings. The summed E-state index contributed by atoms with van der Waals surface area (Å²) in [6, 6.07) is 0.809. The van der Waals surface area contributed by atoms with Gasteiger partial charge in [0.05, 0.1) is 5.69 Å². The van der Waals surface area contributed by atoms with Crippen LogP contribution in [0.5, 0.6) is 0 Å². The van der Waals surface area contributed by atoms with E-state index in [1.807, 2.05) is 0 Å². The van der Waals surface area contributed by atoms with E-state index in [0.717, 1.165) is 11.7 Å². The molecule has 2 aliphatic heterocycles. The van der Waals surface area contributed by atoms with Crippen LogP contribution in [-0.2, 0) is 7.05 Å². The van der Waals surface area contributed by atoms with E-state index in [4.69, 9.17) is 4.98 Å². The number of nitrogens with zero attached hydrogens (tertiary/aromatic N) is 4. The van der Waals surface area contributed by atoms with Crippen molar-refractivity contribution in [2.45, 2.75) is 45.1 Å². The van der Waals surface area contributed by atoms with Crippen LogP contribution in [0.2, 0.25) is 0 Å². The van der Waals surface area contributed by atoms with Gasteiger partial charge < -0.3 is 9.47 Å². The fourth-order valence-corrected chi connectivity index (χ4v) is 3.94. The average molecular weight is 276 g/mol. The van der Waals surface area contributed by atoms with Crippen LogP contribution in [0.25, 0.3) is 0 Å². The number of hydrogen-bond acceptors (Lipinski definition) is 3. The first-order valence-corrected chi connectivity index (χ1v) is 8.13. The summed E-state index contributed by atoms with van der Waals surface area (Å²) < 4.78 is 2.23. The topological polar surface area (TPSA) is 24.3 Å². The zero-order chi connectivity index (χ0) is 14.1. The lowest BCUT2D eigenvalue weighted by atomic mass is 10.0. The molecular weight excluding hydrogens is 248 g/mol. The molecular formula is C16H28N4. The fraction of sp³-hybridized carbons (Fsp3) is 0.812. The summed E-state index contributed by atoms with van der Waals surface area (Å²) in [6.45, 7) is 10.6. The van der Waals surface area contributed by atoms with Crippen molar-refractivity contribution in [3.63, 3.8) is 0 Å². The van der Waals surface area contributed by atoms with E-state index in [9.17, 15) is 0 Å². The Kier molecular flexibility index (Phi) is 4.13. The summed E-state index contributed by atoms with van der Waals surface area (Å²) in [4.78, 5) is 10.0. The van der Waals surface area contributed by atoms with E-state index in [2.05, 4.69) is 41.5 Å². The van der Waals surface area contributed by atoms with Gasteiger partial charge in [-0.25, -0.2) is 4.98 Å². The fourth-order valence-electron chi connectivity index (χ4n) is 3.94. The van der Waals surface area contributed by atoms with Crippen molar-refractivity contribution in [1.82, 2.24) is 19.4 Å². The molecule has 1 aromatic rings. The van der Waals surface area contributed by atoms with Gasteiger partial charge in [0.1, 0.15) is 5.82 Å². The zero-order valence-corrected chi connectivity index (χ0v) is 13.2. The minimum absolute atomic E-state index is 0.637. The largest absolute Gasteiger partial charge is 0.337 e. The van der Waals surface area contributed by atoms with Gasteiger partial charge in [-0.1, -0.05) is 6.92 Å². The van der Waals surface area contributed by atoms with E-state index in [1.54, 1.807) is 0 Å². The minimum Gasteiger partial charge on any atom is -0.337 e. The number of rotatable bonds is 3. The number of aromatic nitrogens is 2. The van der Waals surface area contributed by atoms with Gasteiger partial charge in [-0.15, -0.1) is 0 Å². The predicted molar refractivity (Wildman–Crippen MR) is 82.0 cm³/mol. The first kappa shape index (κ1) is 14.1. The van der Waals surface area contributed by atoms with Crippen LogP contribution < -0.4 is 0 Å². The van der Waals surface area contributed by atoms with E-state index < -0.39 is 0 Å². The molecule has 0 amide bonds. The van der Waals surface area contributed by atoms with Crippen molar-refractivity contribution in [3.8, 4) is 0 Å². The average Bonchev–Trinajstić information content (AvgIpc) is 3.05. The Labute approximate surface area is 122 Å². The highest BCUT2D eigenvalue weighted by molar-refractivity contribution is 5.09. The number of imidazole rings is 1. The number of aryl methyl sites for hydroxylation is 2. The van der Waals surface area contributed by atoms with Crippen molar-refractivity contribution in [2.75, 3.05) is 32.7 Å². The Morgan fingerprint density at radius 3 is 2.55 bits per heavy atom. The first-order valence-electron chi connectivity index (χ1n) is 8.13. The lowest BCUT2D eigenvalue weighted by Gasteiger charge is -2.36. The van der Waals surface area contributed by atoms with Gasteiger partial charge in [0, 0.05) is 31.7 Å². The quantitative estimate of drug-likeness (QED) is 0.844. The Morgan fingerprint density at radius 2 is 1.95 bits per heavy atom.